The number of fused-ring (bicyclic) bond motifs is 1. The van der Waals surface area contributed by atoms with Gasteiger partial charge in [-0.15, -0.1) is 0 Å². The second kappa shape index (κ2) is 7.70. The van der Waals surface area contributed by atoms with Crippen LogP contribution in [0.25, 0.3) is 34.4 Å². The van der Waals surface area contributed by atoms with E-state index >= 15 is 0 Å². The zero-order chi connectivity index (χ0) is 19.5. The van der Waals surface area contributed by atoms with Crippen LogP contribution < -0.4 is 5.73 Å². The third kappa shape index (κ3) is 3.54. The van der Waals surface area contributed by atoms with Crippen LogP contribution >= 0.6 is 0 Å². The van der Waals surface area contributed by atoms with E-state index in [0.29, 0.717) is 6.54 Å². The molecule has 0 bridgehead atoms. The first kappa shape index (κ1) is 18.0. The number of pyridine rings is 1. The monoisotopic (exact) mass is 370 g/mol. The molecule has 0 radical (unpaired) electrons. The zero-order valence-corrected chi connectivity index (χ0v) is 16.0. The van der Waals surface area contributed by atoms with E-state index in [-0.39, 0.29) is 0 Å². The lowest BCUT2D eigenvalue weighted by Gasteiger charge is -2.12. The second-order valence-corrected chi connectivity index (χ2v) is 6.83. The zero-order valence-electron chi connectivity index (χ0n) is 16.0. The molecule has 0 spiro atoms. The van der Waals surface area contributed by atoms with Gasteiger partial charge in [0.1, 0.15) is 0 Å². The van der Waals surface area contributed by atoms with E-state index in [1.54, 1.807) is 18.7 Å². The fraction of sp³-hybridized carbons (Fsp3) is 0.182. The number of nitrogens with zero attached hydrogens (tertiary/aromatic N) is 5. The molecular weight excluding hydrogens is 348 g/mol. The van der Waals surface area contributed by atoms with Crippen LogP contribution in [0.2, 0.25) is 0 Å². The first-order valence-electron chi connectivity index (χ1n) is 9.21. The molecule has 0 amide bonds. The summed E-state index contributed by atoms with van der Waals surface area (Å²) in [6.45, 7) is 2.74. The average molecular weight is 370 g/mol. The maximum Gasteiger partial charge on any atom is 0.0948 e. The van der Waals surface area contributed by atoms with Gasteiger partial charge in [-0.1, -0.05) is 12.2 Å². The van der Waals surface area contributed by atoms with Gasteiger partial charge >= 0.3 is 0 Å². The van der Waals surface area contributed by atoms with Crippen molar-refractivity contribution in [3.8, 4) is 11.4 Å². The Hall–Kier alpha value is -3.38. The highest BCUT2D eigenvalue weighted by Crippen LogP contribution is 2.28. The standard InChI is InChI=1S/C22H22N6/c1-15-9-20-19(10-17(15)5-7-23)18(4-3-16-6-8-25-26-12-16)11-21(27-20)22-13-24-14-28(22)2/h3-4,6,8-14H,5,7,23H2,1-2H3/b4-3+. The predicted octanol–water partition coefficient (Wildman–Crippen LogP) is 3.41. The van der Waals surface area contributed by atoms with E-state index in [0.717, 1.165) is 39.8 Å². The molecule has 140 valence electrons. The molecule has 28 heavy (non-hydrogen) atoms. The van der Waals surface area contributed by atoms with Crippen molar-refractivity contribution in [2.75, 3.05) is 6.54 Å². The summed E-state index contributed by atoms with van der Waals surface area (Å²) in [5, 5.41) is 8.88. The molecule has 0 saturated carbocycles. The Labute approximate surface area is 163 Å². The number of aromatic nitrogens is 5. The molecule has 3 heterocycles. The highest BCUT2D eigenvalue weighted by atomic mass is 15.1. The normalized spacial score (nSPS) is 11.5. The topological polar surface area (TPSA) is 82.5 Å². The fourth-order valence-electron chi connectivity index (χ4n) is 3.33. The Balaban J connectivity index is 1.91. The number of imidazole rings is 1. The van der Waals surface area contributed by atoms with E-state index in [1.165, 1.54) is 11.1 Å². The van der Waals surface area contributed by atoms with Crippen molar-refractivity contribution < 1.29 is 0 Å². The predicted molar refractivity (Wildman–Crippen MR) is 112 cm³/mol. The Bertz CT molecular complexity index is 1140. The fourth-order valence-corrected chi connectivity index (χ4v) is 3.33. The van der Waals surface area contributed by atoms with Crippen LogP contribution in [0.4, 0.5) is 0 Å². The molecule has 0 fully saturated rings. The van der Waals surface area contributed by atoms with Gasteiger partial charge in [-0.3, -0.25) is 0 Å². The van der Waals surface area contributed by atoms with E-state index in [1.807, 2.05) is 30.0 Å². The van der Waals surface area contributed by atoms with Gasteiger partial charge in [0.2, 0.25) is 0 Å². The van der Waals surface area contributed by atoms with Crippen molar-refractivity contribution in [2.45, 2.75) is 13.3 Å². The summed E-state index contributed by atoms with van der Waals surface area (Å²) in [7, 11) is 1.97. The molecule has 4 rings (SSSR count). The minimum absolute atomic E-state index is 0.626. The average Bonchev–Trinajstić information content (AvgIpc) is 3.13. The largest absolute Gasteiger partial charge is 0.332 e. The smallest absolute Gasteiger partial charge is 0.0948 e. The lowest BCUT2D eigenvalue weighted by Crippen LogP contribution is -2.04. The van der Waals surface area contributed by atoms with Gasteiger partial charge in [-0.25, -0.2) is 9.97 Å². The van der Waals surface area contributed by atoms with Crippen molar-refractivity contribution in [1.29, 1.82) is 0 Å². The molecular formula is C22H22N6. The molecule has 1 aromatic carbocycles. The van der Waals surface area contributed by atoms with Gasteiger partial charge < -0.3 is 10.3 Å². The van der Waals surface area contributed by atoms with Crippen molar-refractivity contribution in [3.05, 3.63) is 71.4 Å². The molecule has 0 aliphatic carbocycles. The molecule has 6 nitrogen and oxygen atoms in total. The van der Waals surface area contributed by atoms with Gasteiger partial charge in [0.15, 0.2) is 0 Å². The van der Waals surface area contributed by atoms with E-state index < -0.39 is 0 Å². The minimum atomic E-state index is 0.626. The highest BCUT2D eigenvalue weighted by molar-refractivity contribution is 5.93. The summed E-state index contributed by atoms with van der Waals surface area (Å²) in [5.74, 6) is 0. The molecule has 6 heteroatoms. The number of hydrogen-bond acceptors (Lipinski definition) is 5. The van der Waals surface area contributed by atoms with Crippen LogP contribution in [-0.2, 0) is 13.5 Å². The molecule has 0 unspecified atom stereocenters. The summed E-state index contributed by atoms with van der Waals surface area (Å²) in [4.78, 5) is 9.14. The lowest BCUT2D eigenvalue weighted by molar-refractivity contribution is 0.917. The SMILES string of the molecule is Cc1cc2nc(-c3cncn3C)cc(/C=C/c3ccnnc3)c2cc1CCN. The third-order valence-corrected chi connectivity index (χ3v) is 4.85. The maximum atomic E-state index is 5.80. The molecule has 0 atom stereocenters. The van der Waals surface area contributed by atoms with Gasteiger partial charge in [0.05, 0.1) is 41.8 Å². The summed E-state index contributed by atoms with van der Waals surface area (Å²) in [5.41, 5.74) is 13.2. The van der Waals surface area contributed by atoms with E-state index in [2.05, 4.69) is 46.4 Å². The van der Waals surface area contributed by atoms with Crippen LogP contribution in [-0.4, -0.2) is 31.3 Å². The number of hydrogen-bond donors (Lipinski definition) is 1. The van der Waals surface area contributed by atoms with Crippen molar-refractivity contribution >= 4 is 23.1 Å². The molecule has 0 aliphatic heterocycles. The Morgan fingerprint density at radius 1 is 1.11 bits per heavy atom. The molecule has 2 N–H and O–H groups in total. The Kier molecular flexibility index (Phi) is 4.95. The minimum Gasteiger partial charge on any atom is -0.332 e. The highest BCUT2D eigenvalue weighted by Gasteiger charge is 2.11. The Morgan fingerprint density at radius 2 is 2.00 bits per heavy atom. The van der Waals surface area contributed by atoms with Crippen LogP contribution in [0, 0.1) is 6.92 Å². The molecule has 4 aromatic rings. The van der Waals surface area contributed by atoms with Gasteiger partial charge in [0, 0.05) is 12.4 Å². The number of nitrogens with two attached hydrogens (primary N) is 1. The summed E-state index contributed by atoms with van der Waals surface area (Å²) < 4.78 is 1.98. The number of benzene rings is 1. The van der Waals surface area contributed by atoms with Gasteiger partial charge in [-0.2, -0.15) is 10.2 Å². The van der Waals surface area contributed by atoms with Crippen LogP contribution in [0.5, 0.6) is 0 Å². The molecule has 0 aliphatic rings. The van der Waals surface area contributed by atoms with Gasteiger partial charge in [0.25, 0.3) is 0 Å². The second-order valence-electron chi connectivity index (χ2n) is 6.83. The quantitative estimate of drug-likeness (QED) is 0.582. The molecule has 0 saturated heterocycles. The van der Waals surface area contributed by atoms with Crippen molar-refractivity contribution in [2.24, 2.45) is 12.8 Å². The Morgan fingerprint density at radius 3 is 2.71 bits per heavy atom. The van der Waals surface area contributed by atoms with E-state index in [4.69, 9.17) is 10.7 Å². The first-order valence-corrected chi connectivity index (χ1v) is 9.21. The van der Waals surface area contributed by atoms with Crippen molar-refractivity contribution in [1.82, 2.24) is 24.7 Å². The van der Waals surface area contributed by atoms with Crippen LogP contribution in [0.3, 0.4) is 0 Å². The van der Waals surface area contributed by atoms with Crippen LogP contribution in [0.1, 0.15) is 22.3 Å². The first-order chi connectivity index (χ1) is 13.7. The van der Waals surface area contributed by atoms with E-state index in [9.17, 15) is 0 Å². The third-order valence-electron chi connectivity index (χ3n) is 4.85. The summed E-state index contributed by atoms with van der Waals surface area (Å²) in [6.07, 6.45) is 12.0. The lowest BCUT2D eigenvalue weighted by atomic mass is 9.98. The summed E-state index contributed by atoms with van der Waals surface area (Å²) in [6, 6.07) is 8.39. The van der Waals surface area contributed by atoms with Crippen LogP contribution in [0.15, 0.2) is 49.2 Å². The number of rotatable bonds is 5. The number of aryl methyl sites for hydroxylation is 2. The summed E-state index contributed by atoms with van der Waals surface area (Å²) >= 11 is 0. The van der Waals surface area contributed by atoms with Gasteiger partial charge in [-0.05, 0) is 66.4 Å². The maximum absolute atomic E-state index is 5.80. The molecule has 3 aromatic heterocycles. The van der Waals surface area contributed by atoms with Crippen molar-refractivity contribution in [3.63, 3.8) is 0 Å².